The van der Waals surface area contributed by atoms with Gasteiger partial charge in [0, 0.05) is 18.5 Å². The van der Waals surface area contributed by atoms with Gasteiger partial charge < -0.3 is 15.7 Å². The molecule has 0 saturated heterocycles. The Morgan fingerprint density at radius 3 is 1.68 bits per heavy atom. The molecule has 0 aliphatic carbocycles. The maximum Gasteiger partial charge on any atom is 0.423 e. The monoisotopic (exact) mass is 634 g/mol. The lowest BCUT2D eigenvalue weighted by Crippen LogP contribution is -2.48. The Morgan fingerprint density at radius 1 is 0.780 bits per heavy atom. The zero-order chi connectivity index (χ0) is 31.8. The molecule has 0 fully saturated rings. The second-order valence-corrected chi connectivity index (χ2v) is 10.9. The average Bonchev–Trinajstić information content (AvgIpc) is 2.77. The fourth-order valence-electron chi connectivity index (χ4n) is 3.38. The second kappa shape index (κ2) is 11.2. The van der Waals surface area contributed by atoms with Gasteiger partial charge in [-0.2, -0.15) is 52.7 Å². The molecule has 230 valence electrons. The number of anilines is 1. The second-order valence-electron chi connectivity index (χ2n) is 8.72. The number of rotatable bonds is 8. The minimum Gasteiger partial charge on any atom is -0.381 e. The van der Waals surface area contributed by atoms with E-state index < -0.39 is 104 Å². The van der Waals surface area contributed by atoms with Crippen LogP contribution in [0.4, 0.5) is 58.4 Å². The van der Waals surface area contributed by atoms with Crippen LogP contribution in [-0.2, 0) is 45.3 Å². The van der Waals surface area contributed by atoms with Crippen molar-refractivity contribution in [2.75, 3.05) is 23.9 Å². The van der Waals surface area contributed by atoms with Gasteiger partial charge in [-0.3, -0.25) is 4.79 Å². The maximum absolute atomic E-state index is 13.9. The topological polar surface area (TPSA) is 95.5 Å². The van der Waals surface area contributed by atoms with E-state index in [1.807, 2.05) is 5.32 Å². The van der Waals surface area contributed by atoms with Gasteiger partial charge in [-0.15, -0.1) is 0 Å². The Labute approximate surface area is 223 Å². The molecule has 0 radical (unpaired) electrons. The Morgan fingerprint density at radius 2 is 1.27 bits per heavy atom. The van der Waals surface area contributed by atoms with Crippen LogP contribution in [0.3, 0.4) is 0 Å². The van der Waals surface area contributed by atoms with Crippen molar-refractivity contribution in [2.24, 2.45) is 0 Å². The molecule has 0 aromatic heterocycles. The molecule has 0 saturated carbocycles. The van der Waals surface area contributed by atoms with Crippen LogP contribution in [0.1, 0.15) is 27.8 Å². The molecule has 0 heterocycles. The molecule has 0 spiro atoms. The summed E-state index contributed by atoms with van der Waals surface area (Å²) in [4.78, 5) is 11.6. The number of hydrogen-bond acceptors (Lipinski definition) is 5. The molecule has 2 aromatic carbocycles. The predicted octanol–water partition coefficient (Wildman–Crippen LogP) is 5.27. The lowest BCUT2D eigenvalue weighted by Gasteiger charge is -2.32. The van der Waals surface area contributed by atoms with Gasteiger partial charge in [-0.25, -0.2) is 8.42 Å². The van der Waals surface area contributed by atoms with Crippen LogP contribution in [0.15, 0.2) is 36.4 Å². The van der Waals surface area contributed by atoms with Gasteiger partial charge in [0.2, 0.25) is 11.5 Å². The average molecular weight is 634 g/mol. The highest BCUT2D eigenvalue weighted by molar-refractivity contribution is 7.91. The molecule has 0 aliphatic rings. The number of sulfone groups is 1. The molecule has 6 nitrogen and oxygen atoms in total. The first kappa shape index (κ1) is 34.0. The van der Waals surface area contributed by atoms with E-state index in [0.29, 0.717) is 12.3 Å². The van der Waals surface area contributed by atoms with Gasteiger partial charge in [-0.05, 0) is 41.5 Å². The van der Waals surface area contributed by atoms with Crippen LogP contribution >= 0.6 is 0 Å². The molecule has 0 unspecified atom stereocenters. The molecule has 1 atom stereocenters. The Hall–Kier alpha value is -3.22. The van der Waals surface area contributed by atoms with Crippen molar-refractivity contribution >= 4 is 21.4 Å². The van der Waals surface area contributed by atoms with E-state index in [1.54, 1.807) is 5.32 Å². The van der Waals surface area contributed by atoms with Crippen molar-refractivity contribution in [3.63, 3.8) is 0 Å². The molecular weight excluding hydrogens is 616 g/mol. The summed E-state index contributed by atoms with van der Waals surface area (Å²) in [6, 6.07) is 0.377. The Balaban J connectivity index is 2.49. The van der Waals surface area contributed by atoms with Gasteiger partial charge in [0.25, 0.3) is 0 Å². The van der Waals surface area contributed by atoms with Gasteiger partial charge in [0.1, 0.15) is 5.75 Å². The quantitative estimate of drug-likeness (QED) is 0.345. The van der Waals surface area contributed by atoms with Gasteiger partial charge in [-0.1, -0.05) is 6.07 Å². The molecule has 3 N–H and O–H groups in total. The van der Waals surface area contributed by atoms with Gasteiger partial charge in [0.05, 0.1) is 23.2 Å². The molecule has 19 heteroatoms. The fraction of sp³-hybridized carbons (Fsp3) is 0.409. The first-order valence-electron chi connectivity index (χ1n) is 10.7. The van der Waals surface area contributed by atoms with Crippen molar-refractivity contribution in [1.29, 1.82) is 0 Å². The summed E-state index contributed by atoms with van der Waals surface area (Å²) in [5.74, 6) is -2.23. The number of hydrogen-bond donors (Lipinski definition) is 3. The third kappa shape index (κ3) is 8.88. The first-order valence-corrected chi connectivity index (χ1v) is 12.8. The Kier molecular flexibility index (Phi) is 9.30. The minimum absolute atomic E-state index is 0.210. The summed E-state index contributed by atoms with van der Waals surface area (Å²) in [6.07, 6.45) is -21.6. The summed E-state index contributed by atoms with van der Waals surface area (Å²) < 4.78 is 183. The van der Waals surface area contributed by atoms with Crippen LogP contribution < -0.4 is 10.6 Å². The van der Waals surface area contributed by atoms with Gasteiger partial charge >= 0.3 is 24.7 Å². The van der Waals surface area contributed by atoms with Crippen LogP contribution in [-0.4, -0.2) is 44.2 Å². The molecule has 1 amide bonds. The third-order valence-corrected chi connectivity index (χ3v) is 6.15. The minimum atomic E-state index is -5.93. The smallest absolute Gasteiger partial charge is 0.381 e. The Bertz CT molecular complexity index is 1350. The van der Waals surface area contributed by atoms with E-state index in [0.717, 1.165) is 6.07 Å². The van der Waals surface area contributed by atoms with Crippen molar-refractivity contribution in [3.05, 3.63) is 64.2 Å². The molecule has 0 aliphatic heterocycles. The number of amides is 1. The van der Waals surface area contributed by atoms with Crippen LogP contribution in [0.5, 0.6) is 0 Å². The number of alkyl halides is 12. The normalized spacial score (nSPS) is 14.9. The SMILES string of the molecule is CS(=O)(=O)CC(=O)NCc1ccc(NC[C@@](O)(c2cc(C(F)(F)F)cc(C(F)(F)F)c2)C(F)(F)F)cc1C(F)(F)F. The summed E-state index contributed by atoms with van der Waals surface area (Å²) >= 11 is 0. The zero-order valence-corrected chi connectivity index (χ0v) is 21.0. The summed E-state index contributed by atoms with van der Waals surface area (Å²) in [5, 5.41) is 14.0. The van der Waals surface area contributed by atoms with Gasteiger partial charge in [0.15, 0.2) is 9.84 Å². The number of carbonyl (C=O) groups is 1. The van der Waals surface area contributed by atoms with Crippen LogP contribution in [0, 0.1) is 0 Å². The van der Waals surface area contributed by atoms with E-state index >= 15 is 0 Å². The maximum atomic E-state index is 13.9. The first-order chi connectivity index (χ1) is 18.2. The summed E-state index contributed by atoms with van der Waals surface area (Å²) in [5.41, 5.74) is -13.7. The summed E-state index contributed by atoms with van der Waals surface area (Å²) in [6.45, 7) is -2.79. The predicted molar refractivity (Wildman–Crippen MR) is 118 cm³/mol. The number of aliphatic hydroxyl groups is 1. The molecule has 0 bridgehead atoms. The standard InChI is InChI=1S/C22H18F12N2O4S/c1-41(39,40)9-17(37)35-8-11-2-3-15(7-16(11)21(29,30)31)36-10-18(38,22(32,33)34)12-4-13(19(23,24)25)6-14(5-12)20(26,27)28/h2-7,36,38H,8-10H2,1H3,(H,35,37)/t18-/m1/s1. The van der Waals surface area contributed by atoms with E-state index in [9.17, 15) is 71.0 Å². The van der Waals surface area contributed by atoms with E-state index in [4.69, 9.17) is 0 Å². The van der Waals surface area contributed by atoms with Crippen molar-refractivity contribution in [2.45, 2.75) is 36.9 Å². The fourth-order valence-corrected chi connectivity index (χ4v) is 3.96. The third-order valence-electron chi connectivity index (χ3n) is 5.37. The summed E-state index contributed by atoms with van der Waals surface area (Å²) in [7, 11) is -3.84. The van der Waals surface area contributed by atoms with E-state index in [2.05, 4.69) is 0 Å². The van der Waals surface area contributed by atoms with Crippen LogP contribution in [0.2, 0.25) is 0 Å². The lowest BCUT2D eigenvalue weighted by molar-refractivity contribution is -0.261. The largest absolute Gasteiger partial charge is 0.423 e. The zero-order valence-electron chi connectivity index (χ0n) is 20.2. The molecular formula is C22H18F12N2O4S. The number of halogens is 12. The highest BCUT2D eigenvalue weighted by Gasteiger charge is 2.56. The highest BCUT2D eigenvalue weighted by atomic mass is 32.2. The highest BCUT2D eigenvalue weighted by Crippen LogP contribution is 2.44. The van der Waals surface area contributed by atoms with Crippen LogP contribution in [0.25, 0.3) is 0 Å². The lowest BCUT2D eigenvalue weighted by atomic mass is 9.89. The molecule has 2 aromatic rings. The van der Waals surface area contributed by atoms with Crippen molar-refractivity contribution in [1.82, 2.24) is 5.32 Å². The number of benzene rings is 2. The van der Waals surface area contributed by atoms with E-state index in [1.165, 1.54) is 0 Å². The van der Waals surface area contributed by atoms with E-state index in [-0.39, 0.29) is 18.2 Å². The number of nitrogens with one attached hydrogen (secondary N) is 2. The number of carbonyl (C=O) groups excluding carboxylic acids is 1. The van der Waals surface area contributed by atoms with Crippen molar-refractivity contribution in [3.8, 4) is 0 Å². The molecule has 41 heavy (non-hydrogen) atoms. The van der Waals surface area contributed by atoms with Crippen molar-refractivity contribution < 1.29 is 71.0 Å². The molecule has 2 rings (SSSR count).